The molecule has 0 radical (unpaired) electrons. The number of unbranched alkanes of at least 4 members (excludes halogenated alkanes) is 14. The number of rotatable bonds is 20. The van der Waals surface area contributed by atoms with E-state index >= 15 is 0 Å². The predicted octanol–water partition coefficient (Wildman–Crippen LogP) is 12.3. The maximum atomic E-state index is 6.64. The van der Waals surface area contributed by atoms with Crippen LogP contribution in [-0.2, 0) is 5.41 Å². The molecule has 0 bridgehead atoms. The zero-order valence-corrected chi connectivity index (χ0v) is 26.6. The van der Waals surface area contributed by atoms with Gasteiger partial charge < -0.3 is 9.47 Å². The van der Waals surface area contributed by atoms with Crippen LogP contribution in [0.5, 0.6) is 11.5 Å². The summed E-state index contributed by atoms with van der Waals surface area (Å²) >= 11 is 0. The number of hydrogen-bond acceptors (Lipinski definition) is 2. The molecule has 3 aromatic carbocycles. The van der Waals surface area contributed by atoms with Gasteiger partial charge in [0.15, 0.2) is 0 Å². The topological polar surface area (TPSA) is 18.5 Å². The van der Waals surface area contributed by atoms with Crippen molar-refractivity contribution in [3.05, 3.63) is 48.0 Å². The van der Waals surface area contributed by atoms with Crippen molar-refractivity contribution in [3.8, 4) is 11.5 Å². The van der Waals surface area contributed by atoms with Crippen molar-refractivity contribution in [2.24, 2.45) is 0 Å². The molecule has 0 unspecified atom stereocenters. The fourth-order valence-corrected chi connectivity index (χ4v) is 5.70. The van der Waals surface area contributed by atoms with Gasteiger partial charge in [0.05, 0.1) is 13.2 Å². The maximum Gasteiger partial charge on any atom is 0.135 e. The lowest BCUT2D eigenvalue weighted by atomic mass is 9.85. The summed E-state index contributed by atoms with van der Waals surface area (Å²) in [5.41, 5.74) is 1.41. The van der Waals surface area contributed by atoms with Gasteiger partial charge in [-0.05, 0) is 29.9 Å². The number of benzene rings is 3. The second-order valence-corrected chi connectivity index (χ2v) is 12.9. The lowest BCUT2D eigenvalue weighted by molar-refractivity contribution is 0.306. The minimum absolute atomic E-state index is 0.0764. The van der Waals surface area contributed by atoms with E-state index in [1.807, 2.05) is 0 Å². The molecule has 0 N–H and O–H groups in total. The Hall–Kier alpha value is -2.22. The Morgan fingerprint density at radius 3 is 1.32 bits per heavy atom. The molecule has 2 nitrogen and oxygen atoms in total. The van der Waals surface area contributed by atoms with Gasteiger partial charge in [-0.2, -0.15) is 0 Å². The molecule has 3 aromatic rings. The lowest BCUT2D eigenvalue weighted by Gasteiger charge is -2.22. The highest BCUT2D eigenvalue weighted by Gasteiger charge is 2.20. The van der Waals surface area contributed by atoms with Crippen molar-refractivity contribution in [1.29, 1.82) is 0 Å². The number of hydrogen-bond donors (Lipinski definition) is 0. The number of ether oxygens (including phenoxy) is 2. The Labute approximate surface area is 246 Å². The van der Waals surface area contributed by atoms with Crippen molar-refractivity contribution in [1.82, 2.24) is 0 Å². The van der Waals surface area contributed by atoms with Crippen LogP contribution in [0.3, 0.4) is 0 Å². The minimum Gasteiger partial charge on any atom is -0.492 e. The van der Waals surface area contributed by atoms with Crippen LogP contribution in [-0.4, -0.2) is 13.2 Å². The Balaban J connectivity index is 1.74. The Morgan fingerprint density at radius 2 is 0.875 bits per heavy atom. The highest BCUT2D eigenvalue weighted by Crippen LogP contribution is 2.44. The molecule has 0 heterocycles. The van der Waals surface area contributed by atoms with Crippen LogP contribution in [0.25, 0.3) is 21.5 Å². The van der Waals surface area contributed by atoms with Gasteiger partial charge in [0.25, 0.3) is 0 Å². The molecule has 40 heavy (non-hydrogen) atoms. The molecule has 0 aliphatic rings. The van der Waals surface area contributed by atoms with E-state index in [1.54, 1.807) is 0 Å². The number of fused-ring (bicyclic) bond motifs is 2. The zero-order valence-electron chi connectivity index (χ0n) is 26.6. The maximum absolute atomic E-state index is 6.64. The molecular weight excluding hydrogens is 488 g/mol. The molecule has 0 amide bonds. The third-order valence-electron chi connectivity index (χ3n) is 8.28. The molecule has 0 saturated carbocycles. The van der Waals surface area contributed by atoms with Crippen LogP contribution in [0.15, 0.2) is 42.5 Å². The zero-order chi connectivity index (χ0) is 28.6. The van der Waals surface area contributed by atoms with Gasteiger partial charge in [-0.3, -0.25) is 0 Å². The van der Waals surface area contributed by atoms with Crippen LogP contribution >= 0.6 is 0 Å². The monoisotopic (exact) mass is 546 g/mol. The Bertz CT molecular complexity index is 1120. The van der Waals surface area contributed by atoms with Gasteiger partial charge in [-0.25, -0.2) is 0 Å². The molecular formula is C38H58O2. The van der Waals surface area contributed by atoms with Gasteiger partial charge in [0.2, 0.25) is 0 Å². The van der Waals surface area contributed by atoms with Gasteiger partial charge in [-0.1, -0.05) is 161 Å². The van der Waals surface area contributed by atoms with Crippen LogP contribution in [0.2, 0.25) is 0 Å². The summed E-state index contributed by atoms with van der Waals surface area (Å²) in [6.45, 7) is 13.0. The van der Waals surface area contributed by atoms with E-state index in [4.69, 9.17) is 9.47 Å². The summed E-state index contributed by atoms with van der Waals surface area (Å²) in [7, 11) is 0. The molecule has 0 atom stereocenters. The van der Waals surface area contributed by atoms with Crippen LogP contribution in [0.4, 0.5) is 0 Å². The SMILES string of the molecule is CCCCCCCCCCOc1c2ccccc2c(OCCCCCCCCCC)c2cc(C(C)(C)C)ccc12. The van der Waals surface area contributed by atoms with Crippen molar-refractivity contribution in [2.45, 2.75) is 143 Å². The smallest absolute Gasteiger partial charge is 0.135 e. The third kappa shape index (κ3) is 10.0. The van der Waals surface area contributed by atoms with Crippen molar-refractivity contribution in [3.63, 3.8) is 0 Å². The second-order valence-electron chi connectivity index (χ2n) is 12.9. The highest BCUT2D eigenvalue weighted by atomic mass is 16.5. The molecule has 0 aliphatic carbocycles. The quantitative estimate of drug-likeness (QED) is 0.104. The van der Waals surface area contributed by atoms with E-state index in [-0.39, 0.29) is 5.41 Å². The Morgan fingerprint density at radius 1 is 0.475 bits per heavy atom. The molecule has 3 rings (SSSR count). The summed E-state index contributed by atoms with van der Waals surface area (Å²) in [4.78, 5) is 0. The average Bonchev–Trinajstić information content (AvgIpc) is 2.95. The third-order valence-corrected chi connectivity index (χ3v) is 8.28. The molecule has 222 valence electrons. The largest absolute Gasteiger partial charge is 0.492 e. The first-order chi connectivity index (χ1) is 19.5. The normalized spacial score (nSPS) is 11.9. The van der Waals surface area contributed by atoms with Gasteiger partial charge in [0, 0.05) is 21.5 Å². The molecule has 0 spiro atoms. The summed E-state index contributed by atoms with van der Waals surface area (Å²) < 4.78 is 13.2. The summed E-state index contributed by atoms with van der Waals surface area (Å²) in [5.74, 6) is 2.05. The van der Waals surface area contributed by atoms with Gasteiger partial charge >= 0.3 is 0 Å². The van der Waals surface area contributed by atoms with E-state index < -0.39 is 0 Å². The first kappa shape index (κ1) is 32.3. The first-order valence-corrected chi connectivity index (χ1v) is 16.7. The van der Waals surface area contributed by atoms with E-state index in [9.17, 15) is 0 Å². The second kappa shape index (κ2) is 17.6. The lowest BCUT2D eigenvalue weighted by Crippen LogP contribution is -2.11. The van der Waals surface area contributed by atoms with Gasteiger partial charge in [0.1, 0.15) is 11.5 Å². The molecule has 0 fully saturated rings. The van der Waals surface area contributed by atoms with Crippen LogP contribution < -0.4 is 9.47 Å². The molecule has 0 aliphatic heterocycles. The fraction of sp³-hybridized carbons (Fsp3) is 0.632. The summed E-state index contributed by atoms with van der Waals surface area (Å²) in [6.07, 6.45) is 20.9. The summed E-state index contributed by atoms with van der Waals surface area (Å²) in [6, 6.07) is 15.6. The van der Waals surface area contributed by atoms with Crippen molar-refractivity contribution >= 4 is 21.5 Å². The van der Waals surface area contributed by atoms with Crippen molar-refractivity contribution < 1.29 is 9.47 Å². The standard InChI is InChI=1S/C38H58O2/c1-6-8-10-12-14-16-18-22-28-39-36-32-24-20-21-25-33(32)37(40-29-23-19-17-15-13-11-9-7-2)35-30-31(38(3,4)5)26-27-34(35)36/h20-21,24-27,30H,6-19,22-23,28-29H2,1-5H3. The average molecular weight is 547 g/mol. The van der Waals surface area contributed by atoms with Crippen molar-refractivity contribution in [2.75, 3.05) is 13.2 Å². The fourth-order valence-electron chi connectivity index (χ4n) is 5.70. The highest BCUT2D eigenvalue weighted by molar-refractivity contribution is 6.11. The molecule has 0 aromatic heterocycles. The Kier molecular flexibility index (Phi) is 14.2. The summed E-state index contributed by atoms with van der Waals surface area (Å²) in [5, 5.41) is 4.71. The molecule has 2 heteroatoms. The minimum atomic E-state index is 0.0764. The predicted molar refractivity (Wildman–Crippen MR) is 176 cm³/mol. The first-order valence-electron chi connectivity index (χ1n) is 16.7. The van der Waals surface area contributed by atoms with E-state index in [0.717, 1.165) is 37.6 Å². The van der Waals surface area contributed by atoms with E-state index in [2.05, 4.69) is 77.1 Å². The van der Waals surface area contributed by atoms with Crippen LogP contribution in [0, 0.1) is 0 Å². The molecule has 0 saturated heterocycles. The van der Waals surface area contributed by atoms with Crippen LogP contribution in [0.1, 0.15) is 143 Å². The van der Waals surface area contributed by atoms with Gasteiger partial charge in [-0.15, -0.1) is 0 Å². The van der Waals surface area contributed by atoms with E-state index in [0.29, 0.717) is 0 Å². The van der Waals surface area contributed by atoms with E-state index in [1.165, 1.54) is 117 Å².